The Bertz CT molecular complexity index is 2290. The Labute approximate surface area is 326 Å². The van der Waals surface area contributed by atoms with Crippen LogP contribution in [-0.2, 0) is 40.9 Å². The number of carbonyl (C=O) groups is 2. The van der Waals surface area contributed by atoms with Gasteiger partial charge in [-0.3, -0.25) is 9.69 Å². The van der Waals surface area contributed by atoms with Gasteiger partial charge >= 0.3 is 12.3 Å². The van der Waals surface area contributed by atoms with Crippen LogP contribution in [0, 0.1) is 0 Å². The van der Waals surface area contributed by atoms with E-state index in [0.29, 0.717) is 23.2 Å². The highest BCUT2D eigenvalue weighted by Gasteiger charge is 2.53. The van der Waals surface area contributed by atoms with Gasteiger partial charge in [-0.05, 0) is 47.4 Å². The summed E-state index contributed by atoms with van der Waals surface area (Å²) >= 11 is 6.43. The van der Waals surface area contributed by atoms with Gasteiger partial charge < -0.3 is 24.6 Å². The molecule has 1 fully saturated rings. The molecule has 7 rings (SSSR count). The zero-order valence-corrected chi connectivity index (χ0v) is 30.8. The number of nitrogens with zero attached hydrogens (tertiary/aromatic N) is 9. The highest BCUT2D eigenvalue weighted by atomic mass is 35.5. The van der Waals surface area contributed by atoms with Crippen molar-refractivity contribution < 1.29 is 41.4 Å². The molecular formula is C37H34ClF5N10O4. The minimum absolute atomic E-state index is 0.00165. The van der Waals surface area contributed by atoms with E-state index >= 15 is 0 Å². The van der Waals surface area contributed by atoms with Crippen molar-refractivity contribution in [3.8, 4) is 5.69 Å². The summed E-state index contributed by atoms with van der Waals surface area (Å²) in [5.74, 6) is -2.42. The van der Waals surface area contributed by atoms with E-state index in [1.54, 1.807) is 54.6 Å². The second-order valence-corrected chi connectivity index (χ2v) is 13.6. The van der Waals surface area contributed by atoms with Crippen LogP contribution >= 0.6 is 11.6 Å². The number of hydrogen-bond donors (Lipinski definition) is 2. The molecule has 3 aromatic carbocycles. The van der Waals surface area contributed by atoms with E-state index in [1.807, 2.05) is 11.8 Å². The van der Waals surface area contributed by atoms with Crippen molar-refractivity contribution in [2.75, 3.05) is 18.1 Å². The smallest absolute Gasteiger partial charge is 0.443 e. The average Bonchev–Trinajstić information content (AvgIpc) is 3.93. The molecular weight excluding hydrogens is 779 g/mol. The number of aromatic nitrogens is 6. The van der Waals surface area contributed by atoms with Crippen LogP contribution in [0.3, 0.4) is 0 Å². The van der Waals surface area contributed by atoms with Gasteiger partial charge in [0.05, 0.1) is 29.9 Å². The van der Waals surface area contributed by atoms with E-state index in [-0.39, 0.29) is 60.7 Å². The Morgan fingerprint density at radius 2 is 1.82 bits per heavy atom. The van der Waals surface area contributed by atoms with Gasteiger partial charge in [-0.25, -0.2) is 23.2 Å². The number of aliphatic hydroxyl groups excluding tert-OH is 1. The lowest BCUT2D eigenvalue weighted by Crippen LogP contribution is -2.44. The van der Waals surface area contributed by atoms with Crippen LogP contribution in [0.5, 0.6) is 0 Å². The molecule has 14 nitrogen and oxygen atoms in total. The van der Waals surface area contributed by atoms with Crippen molar-refractivity contribution in [1.82, 2.24) is 39.7 Å². The van der Waals surface area contributed by atoms with Crippen LogP contribution in [0.4, 0.5) is 32.4 Å². The maximum Gasteiger partial charge on any atom is 0.451 e. The lowest BCUT2D eigenvalue weighted by atomic mass is 9.85. The van der Waals surface area contributed by atoms with Gasteiger partial charge in [0.2, 0.25) is 11.8 Å². The van der Waals surface area contributed by atoms with Crippen LogP contribution in [-0.4, -0.2) is 70.6 Å². The Hall–Kier alpha value is -5.95. The van der Waals surface area contributed by atoms with E-state index in [1.165, 1.54) is 18.2 Å². The standard InChI is InChI=1S/C37H34ClF5N10O4/c1-2-14-36(24-9-11-25(12-10-24)50-15-16-51-29(18-50)48-49-32(51)37(41,42)43)33(55)52(34(47-36)46-35(56)57-20-22-6-4-3-5-7-22)28(19-54)23-8-13-26(38)27(17-23)53-31(30(39)40)44-21-45-53/h3-13,17,21,28,30,54H,2,14-16,18-20H2,1H3,(H,46,47,56)/t28-,36-/m1/s1. The molecule has 20 heteroatoms. The summed E-state index contributed by atoms with van der Waals surface area (Å²) in [6, 6.07) is 18.7. The minimum atomic E-state index is -4.64. The number of rotatable bonds is 11. The zero-order valence-electron chi connectivity index (χ0n) is 30.1. The Kier molecular flexibility index (Phi) is 11.0. The molecule has 57 heavy (non-hydrogen) atoms. The van der Waals surface area contributed by atoms with Crippen molar-refractivity contribution in [1.29, 1.82) is 0 Å². The maximum absolute atomic E-state index is 14.9. The molecule has 1 saturated heterocycles. The molecule has 2 aliphatic heterocycles. The van der Waals surface area contributed by atoms with Crippen molar-refractivity contribution in [2.24, 2.45) is 4.99 Å². The summed E-state index contributed by atoms with van der Waals surface area (Å²) in [6.07, 6.45) is -7.08. The summed E-state index contributed by atoms with van der Waals surface area (Å²) in [5, 5.41) is 25.1. The second-order valence-electron chi connectivity index (χ2n) is 13.2. The SMILES string of the molecule is CCC[C@]1(c2ccc(N3CCn4c(nnc4C(F)(F)F)C3)cc2)N/C(=N\C(=O)OCc2ccccc2)N([C@H](CO)c2ccc(Cl)c(-n3ncnc3C(F)F)c2)C1=O. The van der Waals surface area contributed by atoms with Crippen LogP contribution in [0.2, 0.25) is 5.02 Å². The normalized spacial score (nSPS) is 18.3. The van der Waals surface area contributed by atoms with Gasteiger partial charge in [-0.2, -0.15) is 18.3 Å². The lowest BCUT2D eigenvalue weighted by molar-refractivity contribution is -0.147. The average molecular weight is 813 g/mol. The van der Waals surface area contributed by atoms with Crippen LogP contribution in [0.25, 0.3) is 5.69 Å². The Balaban J connectivity index is 1.24. The molecule has 5 aromatic rings. The first-order valence-corrected chi connectivity index (χ1v) is 18.1. The van der Waals surface area contributed by atoms with E-state index in [0.717, 1.165) is 20.5 Å². The second kappa shape index (κ2) is 15.9. The molecule has 298 valence electrons. The number of fused-ring (bicyclic) bond motifs is 1. The number of amides is 2. The van der Waals surface area contributed by atoms with Gasteiger partial charge in [0, 0.05) is 18.8 Å². The van der Waals surface area contributed by atoms with Gasteiger partial charge in [-0.1, -0.05) is 73.5 Å². The third kappa shape index (κ3) is 7.63. The predicted molar refractivity (Wildman–Crippen MR) is 194 cm³/mol. The Morgan fingerprint density at radius 1 is 1.07 bits per heavy atom. The molecule has 2 N–H and O–H groups in total. The van der Waals surface area contributed by atoms with Crippen LogP contribution < -0.4 is 10.2 Å². The van der Waals surface area contributed by atoms with Crippen molar-refractivity contribution in [3.05, 3.63) is 118 Å². The van der Waals surface area contributed by atoms with Gasteiger partial charge in [0.25, 0.3) is 12.3 Å². The number of benzene rings is 3. The number of hydrogen-bond acceptors (Lipinski definition) is 9. The summed E-state index contributed by atoms with van der Waals surface area (Å²) < 4.78 is 75.3. The van der Waals surface area contributed by atoms with Crippen molar-refractivity contribution >= 4 is 35.2 Å². The van der Waals surface area contributed by atoms with Gasteiger partial charge in [0.15, 0.2) is 11.6 Å². The third-order valence-electron chi connectivity index (χ3n) is 9.73. The van der Waals surface area contributed by atoms with E-state index < -0.39 is 54.4 Å². The molecule has 0 aliphatic carbocycles. The molecule has 0 spiro atoms. The molecule has 0 bridgehead atoms. The predicted octanol–water partition coefficient (Wildman–Crippen LogP) is 6.34. The van der Waals surface area contributed by atoms with Crippen LogP contribution in [0.15, 0.2) is 84.1 Å². The quantitative estimate of drug-likeness (QED) is 0.144. The lowest BCUT2D eigenvalue weighted by Gasteiger charge is -2.32. The first kappa shape index (κ1) is 39.3. The monoisotopic (exact) mass is 812 g/mol. The molecule has 2 amide bonds. The first-order chi connectivity index (χ1) is 27.3. The number of halogens is 6. The van der Waals surface area contributed by atoms with Crippen LogP contribution in [0.1, 0.15) is 66.4 Å². The highest BCUT2D eigenvalue weighted by Crippen LogP contribution is 2.40. The summed E-state index contributed by atoms with van der Waals surface area (Å²) in [5.41, 5.74) is 0.499. The maximum atomic E-state index is 14.9. The fraction of sp³-hybridized carbons (Fsp3) is 0.324. The first-order valence-electron chi connectivity index (χ1n) is 17.7. The summed E-state index contributed by atoms with van der Waals surface area (Å²) in [7, 11) is 0. The number of anilines is 1. The molecule has 0 unspecified atom stereocenters. The fourth-order valence-electron chi connectivity index (χ4n) is 7.06. The molecule has 2 atom stereocenters. The molecule has 0 radical (unpaired) electrons. The third-order valence-corrected chi connectivity index (χ3v) is 10.1. The van der Waals surface area contributed by atoms with E-state index in [9.17, 15) is 36.6 Å². The Morgan fingerprint density at radius 3 is 2.51 bits per heavy atom. The molecule has 2 aliphatic rings. The van der Waals surface area contributed by atoms with E-state index in [2.05, 4.69) is 30.6 Å². The van der Waals surface area contributed by atoms with Gasteiger partial charge in [-0.15, -0.1) is 15.2 Å². The fourth-order valence-corrected chi connectivity index (χ4v) is 7.26. The number of aliphatic imine (C=N–C) groups is 1. The van der Waals surface area contributed by atoms with Gasteiger partial charge in [0.1, 0.15) is 18.5 Å². The zero-order chi connectivity index (χ0) is 40.5. The molecule has 4 heterocycles. The topological polar surface area (TPSA) is 156 Å². The number of nitrogens with one attached hydrogen (secondary N) is 1. The summed E-state index contributed by atoms with van der Waals surface area (Å²) in [4.78, 5) is 39.0. The number of carbonyl (C=O) groups excluding carboxylic acids is 2. The number of ether oxygens (including phenoxy) is 1. The number of guanidine groups is 1. The minimum Gasteiger partial charge on any atom is -0.443 e. The summed E-state index contributed by atoms with van der Waals surface area (Å²) in [6.45, 7) is 1.32. The largest absolute Gasteiger partial charge is 0.451 e. The van der Waals surface area contributed by atoms with Crippen molar-refractivity contribution in [3.63, 3.8) is 0 Å². The number of alkyl halides is 5. The van der Waals surface area contributed by atoms with Crippen molar-refractivity contribution in [2.45, 2.75) is 63.6 Å². The molecule has 0 saturated carbocycles. The van der Waals surface area contributed by atoms with E-state index in [4.69, 9.17) is 16.3 Å². The molecule has 2 aromatic heterocycles. The number of aliphatic hydroxyl groups is 1. The highest BCUT2D eigenvalue weighted by molar-refractivity contribution is 6.32.